The molecule has 1 fully saturated rings. The molecular formula is C14H19F2N. The maximum Gasteiger partial charge on any atom is 0.159 e. The second-order valence-corrected chi connectivity index (χ2v) is 5.16. The molecule has 1 N–H and O–H groups in total. The Hall–Kier alpha value is -0.960. The smallest absolute Gasteiger partial charge is 0.159 e. The van der Waals surface area contributed by atoms with Crippen LogP contribution in [0.15, 0.2) is 18.2 Å². The number of benzene rings is 1. The second kappa shape index (κ2) is 4.37. The molecule has 0 heterocycles. The molecule has 1 aliphatic rings. The Morgan fingerprint density at radius 2 is 2.06 bits per heavy atom. The van der Waals surface area contributed by atoms with Crippen LogP contribution in [0.4, 0.5) is 8.78 Å². The van der Waals surface area contributed by atoms with E-state index in [1.165, 1.54) is 12.1 Å². The van der Waals surface area contributed by atoms with E-state index in [4.69, 9.17) is 0 Å². The molecule has 1 nitrogen and oxygen atoms in total. The van der Waals surface area contributed by atoms with E-state index < -0.39 is 11.6 Å². The van der Waals surface area contributed by atoms with Crippen molar-refractivity contribution in [3.8, 4) is 0 Å². The minimum atomic E-state index is -0.767. The van der Waals surface area contributed by atoms with E-state index in [2.05, 4.69) is 19.2 Å². The summed E-state index contributed by atoms with van der Waals surface area (Å²) >= 11 is 0. The zero-order valence-corrected chi connectivity index (χ0v) is 10.6. The normalized spacial score (nSPS) is 32.3. The summed E-state index contributed by atoms with van der Waals surface area (Å²) in [5.74, 6) is -1.19. The molecule has 1 aliphatic carbocycles. The van der Waals surface area contributed by atoms with Crippen LogP contribution in [0.1, 0.15) is 38.2 Å². The van der Waals surface area contributed by atoms with E-state index in [0.717, 1.165) is 18.4 Å². The van der Waals surface area contributed by atoms with Crippen molar-refractivity contribution in [1.82, 2.24) is 5.32 Å². The van der Waals surface area contributed by atoms with Crippen LogP contribution in [0.3, 0.4) is 0 Å². The van der Waals surface area contributed by atoms with Crippen molar-refractivity contribution < 1.29 is 8.78 Å². The molecule has 1 saturated carbocycles. The van der Waals surface area contributed by atoms with Gasteiger partial charge in [0.15, 0.2) is 11.6 Å². The van der Waals surface area contributed by atoms with Crippen molar-refractivity contribution >= 4 is 0 Å². The lowest BCUT2D eigenvalue weighted by Crippen LogP contribution is -2.55. The third kappa shape index (κ3) is 1.86. The Balaban J connectivity index is 2.27. The first-order valence-electron chi connectivity index (χ1n) is 6.15. The molecule has 0 radical (unpaired) electrons. The second-order valence-electron chi connectivity index (χ2n) is 5.16. The molecule has 3 atom stereocenters. The van der Waals surface area contributed by atoms with Gasteiger partial charge in [-0.3, -0.25) is 0 Å². The number of hydrogen-bond acceptors (Lipinski definition) is 1. The molecule has 0 saturated heterocycles. The molecular weight excluding hydrogens is 220 g/mol. The van der Waals surface area contributed by atoms with Crippen LogP contribution < -0.4 is 5.32 Å². The molecule has 0 spiro atoms. The van der Waals surface area contributed by atoms with Crippen molar-refractivity contribution in [2.45, 2.75) is 38.6 Å². The maximum atomic E-state index is 13.2. The molecule has 0 aromatic heterocycles. The fraction of sp³-hybridized carbons (Fsp3) is 0.571. The van der Waals surface area contributed by atoms with Crippen molar-refractivity contribution in [3.05, 3.63) is 35.4 Å². The highest BCUT2D eigenvalue weighted by atomic mass is 19.2. The first-order chi connectivity index (χ1) is 8.02. The monoisotopic (exact) mass is 239 g/mol. The summed E-state index contributed by atoms with van der Waals surface area (Å²) in [5.41, 5.74) is 1.05. The largest absolute Gasteiger partial charge is 0.316 e. The van der Waals surface area contributed by atoms with Gasteiger partial charge in [0.2, 0.25) is 0 Å². The predicted octanol–water partition coefficient (Wildman–Crippen LogP) is 3.46. The van der Waals surface area contributed by atoms with E-state index in [0.29, 0.717) is 12.0 Å². The number of hydrogen-bond donors (Lipinski definition) is 1. The van der Waals surface area contributed by atoms with Gasteiger partial charge in [0.25, 0.3) is 0 Å². The van der Waals surface area contributed by atoms with E-state index in [1.54, 1.807) is 6.07 Å². The van der Waals surface area contributed by atoms with Gasteiger partial charge in [-0.1, -0.05) is 19.9 Å². The quantitative estimate of drug-likeness (QED) is 0.851. The fourth-order valence-electron chi connectivity index (χ4n) is 3.04. The lowest BCUT2D eigenvalue weighted by Gasteiger charge is -2.54. The first kappa shape index (κ1) is 12.5. The van der Waals surface area contributed by atoms with Gasteiger partial charge in [0, 0.05) is 6.04 Å². The van der Waals surface area contributed by atoms with E-state index in [-0.39, 0.29) is 5.41 Å². The van der Waals surface area contributed by atoms with Gasteiger partial charge >= 0.3 is 0 Å². The first-order valence-corrected chi connectivity index (χ1v) is 6.15. The molecule has 0 aliphatic heterocycles. The topological polar surface area (TPSA) is 12.0 Å². The Labute approximate surface area is 101 Å². The van der Waals surface area contributed by atoms with Crippen molar-refractivity contribution in [2.75, 3.05) is 7.05 Å². The zero-order chi connectivity index (χ0) is 12.6. The summed E-state index contributed by atoms with van der Waals surface area (Å²) in [5, 5.41) is 3.30. The molecule has 17 heavy (non-hydrogen) atoms. The summed E-state index contributed by atoms with van der Waals surface area (Å²) in [4.78, 5) is 0. The molecule has 1 aromatic rings. The van der Waals surface area contributed by atoms with Crippen molar-refractivity contribution in [2.24, 2.45) is 5.41 Å². The summed E-state index contributed by atoms with van der Waals surface area (Å²) in [6.07, 6.45) is 2.02. The van der Waals surface area contributed by atoms with Crippen LogP contribution in [-0.2, 0) is 0 Å². The molecule has 3 unspecified atom stereocenters. The van der Waals surface area contributed by atoms with Crippen LogP contribution in [0.5, 0.6) is 0 Å². The minimum Gasteiger partial charge on any atom is -0.316 e. The predicted molar refractivity (Wildman–Crippen MR) is 65.0 cm³/mol. The van der Waals surface area contributed by atoms with Gasteiger partial charge in [-0.2, -0.15) is 0 Å². The summed E-state index contributed by atoms with van der Waals surface area (Å²) in [6.45, 7) is 4.36. The zero-order valence-electron chi connectivity index (χ0n) is 10.6. The maximum absolute atomic E-state index is 13.2. The van der Waals surface area contributed by atoms with Crippen molar-refractivity contribution in [3.63, 3.8) is 0 Å². The van der Waals surface area contributed by atoms with Gasteiger partial charge in [-0.05, 0) is 48.9 Å². The van der Waals surface area contributed by atoms with E-state index in [1.807, 2.05) is 7.05 Å². The summed E-state index contributed by atoms with van der Waals surface area (Å²) in [6, 6.07) is 4.75. The standard InChI is InChI=1S/C14H19F2N/c1-4-14(2)10(8-13(14)17-3)9-5-6-11(15)12(16)7-9/h5-7,10,13,17H,4,8H2,1-3H3. The lowest BCUT2D eigenvalue weighted by molar-refractivity contribution is 0.0493. The van der Waals surface area contributed by atoms with Gasteiger partial charge in [0.05, 0.1) is 0 Å². The van der Waals surface area contributed by atoms with Gasteiger partial charge < -0.3 is 5.32 Å². The third-order valence-electron chi connectivity index (χ3n) is 4.52. The molecule has 3 heteroatoms. The Morgan fingerprint density at radius 3 is 2.59 bits per heavy atom. The molecule has 0 amide bonds. The van der Waals surface area contributed by atoms with Gasteiger partial charge in [-0.15, -0.1) is 0 Å². The van der Waals surface area contributed by atoms with Crippen molar-refractivity contribution in [1.29, 1.82) is 0 Å². The molecule has 0 bridgehead atoms. The fourth-order valence-corrected chi connectivity index (χ4v) is 3.04. The Bertz CT molecular complexity index is 419. The third-order valence-corrected chi connectivity index (χ3v) is 4.52. The lowest BCUT2D eigenvalue weighted by atomic mass is 9.54. The molecule has 1 aromatic carbocycles. The Morgan fingerprint density at radius 1 is 1.35 bits per heavy atom. The average Bonchev–Trinajstić information content (AvgIpc) is 2.32. The number of rotatable bonds is 3. The SMILES string of the molecule is CCC1(C)C(NC)CC1c1ccc(F)c(F)c1. The molecule has 94 valence electrons. The summed E-state index contributed by atoms with van der Waals surface area (Å²) in [7, 11) is 1.96. The van der Waals surface area contributed by atoms with Crippen LogP contribution in [0, 0.1) is 17.0 Å². The van der Waals surface area contributed by atoms with Crippen LogP contribution in [-0.4, -0.2) is 13.1 Å². The average molecular weight is 239 g/mol. The minimum absolute atomic E-state index is 0.138. The van der Waals surface area contributed by atoms with Gasteiger partial charge in [-0.25, -0.2) is 8.78 Å². The molecule has 2 rings (SSSR count). The highest BCUT2D eigenvalue weighted by molar-refractivity contribution is 5.29. The Kier molecular flexibility index (Phi) is 3.21. The van der Waals surface area contributed by atoms with Gasteiger partial charge in [0.1, 0.15) is 0 Å². The van der Waals surface area contributed by atoms with Crippen LogP contribution in [0.2, 0.25) is 0 Å². The highest BCUT2D eigenvalue weighted by Crippen LogP contribution is 2.54. The number of nitrogens with one attached hydrogen (secondary N) is 1. The summed E-state index contributed by atoms with van der Waals surface area (Å²) < 4.78 is 26.2. The number of halogens is 2. The van der Waals surface area contributed by atoms with E-state index in [9.17, 15) is 8.78 Å². The van der Waals surface area contributed by atoms with Crippen LogP contribution in [0.25, 0.3) is 0 Å². The van der Waals surface area contributed by atoms with Crippen LogP contribution >= 0.6 is 0 Å². The van der Waals surface area contributed by atoms with E-state index >= 15 is 0 Å². The highest BCUT2D eigenvalue weighted by Gasteiger charge is 2.50.